The number of rotatable bonds is 6. The normalized spacial score (nSPS) is 11.1. The number of carbonyl (C=O) groups is 1. The Balaban J connectivity index is 2.50. The monoisotopic (exact) mass is 346 g/mol. The molecule has 2 aromatic carbocycles. The van der Waals surface area contributed by atoms with Gasteiger partial charge < -0.3 is 5.32 Å². The summed E-state index contributed by atoms with van der Waals surface area (Å²) in [7, 11) is -3.84. The van der Waals surface area contributed by atoms with E-state index in [4.69, 9.17) is 0 Å². The molecule has 0 aliphatic heterocycles. The van der Waals surface area contributed by atoms with E-state index in [9.17, 15) is 13.2 Å². The lowest BCUT2D eigenvalue weighted by atomic mass is 10.2. The van der Waals surface area contributed by atoms with Gasteiger partial charge in [0.2, 0.25) is 5.91 Å². The van der Waals surface area contributed by atoms with Gasteiger partial charge in [-0.05, 0) is 44.5 Å². The van der Waals surface area contributed by atoms with Crippen LogP contribution in [-0.4, -0.2) is 27.4 Å². The molecule has 1 N–H and O–H groups in total. The lowest BCUT2D eigenvalue weighted by Crippen LogP contribution is -2.41. The maximum atomic E-state index is 13.1. The number of aryl methyl sites for hydroxylation is 2. The second kappa shape index (κ2) is 7.49. The van der Waals surface area contributed by atoms with Gasteiger partial charge in [-0.15, -0.1) is 0 Å². The van der Waals surface area contributed by atoms with Crippen molar-refractivity contribution < 1.29 is 13.2 Å². The van der Waals surface area contributed by atoms with Crippen LogP contribution in [0.5, 0.6) is 0 Å². The second-order valence-electron chi connectivity index (χ2n) is 5.57. The molecule has 1 amide bonds. The molecule has 0 aliphatic rings. The lowest BCUT2D eigenvalue weighted by molar-refractivity contribution is -0.119. The third-order valence-electron chi connectivity index (χ3n) is 3.64. The first-order valence-corrected chi connectivity index (χ1v) is 9.22. The fraction of sp³-hybridized carbons (Fsp3) is 0.278. The van der Waals surface area contributed by atoms with Crippen molar-refractivity contribution in [2.24, 2.45) is 0 Å². The first-order chi connectivity index (χ1) is 11.4. The van der Waals surface area contributed by atoms with E-state index in [1.54, 1.807) is 50.2 Å². The molecule has 0 spiro atoms. The van der Waals surface area contributed by atoms with Crippen molar-refractivity contribution in [3.8, 4) is 0 Å². The molecule has 0 heterocycles. The Hall–Kier alpha value is -2.34. The van der Waals surface area contributed by atoms with Crippen molar-refractivity contribution in [3.63, 3.8) is 0 Å². The highest BCUT2D eigenvalue weighted by molar-refractivity contribution is 7.93. The van der Waals surface area contributed by atoms with Gasteiger partial charge in [0.15, 0.2) is 0 Å². The third-order valence-corrected chi connectivity index (χ3v) is 5.58. The molecule has 0 fully saturated rings. The molecule has 24 heavy (non-hydrogen) atoms. The number of likely N-dealkylation sites (N-methyl/N-ethyl adjacent to an activating group) is 1. The zero-order valence-corrected chi connectivity index (χ0v) is 14.9. The maximum absolute atomic E-state index is 13.1. The quantitative estimate of drug-likeness (QED) is 0.874. The molecular formula is C18H22N2O3S. The topological polar surface area (TPSA) is 66.5 Å². The maximum Gasteiger partial charge on any atom is 0.265 e. The Morgan fingerprint density at radius 1 is 1.04 bits per heavy atom. The molecule has 0 aromatic heterocycles. The first-order valence-electron chi connectivity index (χ1n) is 7.78. The summed E-state index contributed by atoms with van der Waals surface area (Å²) in [5, 5.41) is 2.65. The van der Waals surface area contributed by atoms with E-state index >= 15 is 0 Å². The molecule has 0 radical (unpaired) electrons. The average molecular weight is 346 g/mol. The SMILES string of the molecule is CCNC(=O)CN(c1ccc(C)cc1)S(=O)(=O)c1ccccc1C. The fourth-order valence-corrected chi connectivity index (χ4v) is 4.02. The molecule has 2 aromatic rings. The van der Waals surface area contributed by atoms with E-state index in [1.165, 1.54) is 0 Å². The molecule has 0 saturated heterocycles. The molecule has 0 bridgehead atoms. The predicted octanol–water partition coefficient (Wildman–Crippen LogP) is 2.63. The highest BCUT2D eigenvalue weighted by atomic mass is 32.2. The highest BCUT2D eigenvalue weighted by Gasteiger charge is 2.28. The van der Waals surface area contributed by atoms with Crippen LogP contribution in [0.1, 0.15) is 18.1 Å². The van der Waals surface area contributed by atoms with Crippen LogP contribution in [-0.2, 0) is 14.8 Å². The number of amides is 1. The molecule has 0 atom stereocenters. The standard InChI is InChI=1S/C18H22N2O3S/c1-4-19-18(21)13-20(16-11-9-14(2)10-12-16)24(22,23)17-8-6-5-7-15(17)3/h5-12H,4,13H2,1-3H3,(H,19,21). The fourth-order valence-electron chi connectivity index (χ4n) is 2.37. The average Bonchev–Trinajstić information content (AvgIpc) is 2.54. The number of sulfonamides is 1. The number of nitrogens with one attached hydrogen (secondary N) is 1. The Morgan fingerprint density at radius 2 is 1.67 bits per heavy atom. The minimum absolute atomic E-state index is 0.204. The molecule has 128 valence electrons. The van der Waals surface area contributed by atoms with Crippen LogP contribution < -0.4 is 9.62 Å². The minimum Gasteiger partial charge on any atom is -0.355 e. The van der Waals surface area contributed by atoms with Gasteiger partial charge in [-0.25, -0.2) is 8.42 Å². The predicted molar refractivity (Wildman–Crippen MR) is 95.6 cm³/mol. The van der Waals surface area contributed by atoms with Gasteiger partial charge in [0, 0.05) is 6.54 Å². The molecule has 6 heteroatoms. The van der Waals surface area contributed by atoms with E-state index in [2.05, 4.69) is 5.32 Å². The van der Waals surface area contributed by atoms with Gasteiger partial charge in [-0.1, -0.05) is 35.9 Å². The number of benzene rings is 2. The summed E-state index contributed by atoms with van der Waals surface area (Å²) < 4.78 is 27.4. The number of carbonyl (C=O) groups excluding carboxylic acids is 1. The Labute approximate surface area is 143 Å². The smallest absolute Gasteiger partial charge is 0.265 e. The Kier molecular flexibility index (Phi) is 5.62. The number of hydrogen-bond donors (Lipinski definition) is 1. The summed E-state index contributed by atoms with van der Waals surface area (Å²) in [6.45, 7) is 5.66. The van der Waals surface area contributed by atoms with Crippen LogP contribution >= 0.6 is 0 Å². The van der Waals surface area contributed by atoms with Crippen LogP contribution in [0.2, 0.25) is 0 Å². The van der Waals surface area contributed by atoms with Crippen molar-refractivity contribution in [1.29, 1.82) is 0 Å². The van der Waals surface area contributed by atoms with Gasteiger partial charge >= 0.3 is 0 Å². The third kappa shape index (κ3) is 3.94. The van der Waals surface area contributed by atoms with Crippen molar-refractivity contribution in [2.45, 2.75) is 25.7 Å². The lowest BCUT2D eigenvalue weighted by Gasteiger charge is -2.25. The second-order valence-corrected chi connectivity index (χ2v) is 7.40. The number of nitrogens with zero attached hydrogens (tertiary/aromatic N) is 1. The Morgan fingerprint density at radius 3 is 2.25 bits per heavy atom. The molecule has 5 nitrogen and oxygen atoms in total. The Bertz CT molecular complexity index is 814. The minimum atomic E-state index is -3.84. The van der Waals surface area contributed by atoms with Crippen molar-refractivity contribution in [1.82, 2.24) is 5.32 Å². The van der Waals surface area contributed by atoms with E-state index < -0.39 is 10.0 Å². The molecule has 0 unspecified atom stereocenters. The summed E-state index contributed by atoms with van der Waals surface area (Å²) in [6.07, 6.45) is 0. The summed E-state index contributed by atoms with van der Waals surface area (Å²) in [5.41, 5.74) is 2.13. The summed E-state index contributed by atoms with van der Waals surface area (Å²) >= 11 is 0. The van der Waals surface area contributed by atoms with Crippen molar-refractivity contribution in [2.75, 3.05) is 17.4 Å². The molecule has 0 aliphatic carbocycles. The first kappa shape index (κ1) is 18.0. The van der Waals surface area contributed by atoms with Gasteiger partial charge in [0.25, 0.3) is 10.0 Å². The summed E-state index contributed by atoms with van der Waals surface area (Å²) in [5.74, 6) is -0.338. The van der Waals surface area contributed by atoms with Crippen molar-refractivity contribution >= 4 is 21.6 Å². The highest BCUT2D eigenvalue weighted by Crippen LogP contribution is 2.25. The van der Waals surface area contributed by atoms with E-state index in [1.807, 2.05) is 19.1 Å². The van der Waals surface area contributed by atoms with E-state index in [-0.39, 0.29) is 17.3 Å². The zero-order valence-electron chi connectivity index (χ0n) is 14.1. The molecule has 2 rings (SSSR count). The van der Waals surface area contributed by atoms with Gasteiger partial charge in [-0.3, -0.25) is 9.10 Å². The van der Waals surface area contributed by atoms with Crippen LogP contribution in [0.25, 0.3) is 0 Å². The van der Waals surface area contributed by atoms with Crippen LogP contribution in [0.4, 0.5) is 5.69 Å². The van der Waals surface area contributed by atoms with Gasteiger partial charge in [-0.2, -0.15) is 0 Å². The number of anilines is 1. The summed E-state index contributed by atoms with van der Waals surface area (Å²) in [6, 6.07) is 13.8. The van der Waals surface area contributed by atoms with E-state index in [0.29, 0.717) is 17.8 Å². The van der Waals surface area contributed by atoms with Gasteiger partial charge in [0.05, 0.1) is 10.6 Å². The van der Waals surface area contributed by atoms with Crippen molar-refractivity contribution in [3.05, 3.63) is 59.7 Å². The van der Waals surface area contributed by atoms with Gasteiger partial charge in [0.1, 0.15) is 6.54 Å². The van der Waals surface area contributed by atoms with E-state index in [0.717, 1.165) is 9.87 Å². The zero-order chi connectivity index (χ0) is 17.7. The largest absolute Gasteiger partial charge is 0.355 e. The molecule has 0 saturated carbocycles. The summed E-state index contributed by atoms with van der Waals surface area (Å²) in [4.78, 5) is 12.2. The van der Waals surface area contributed by atoms with Crippen LogP contribution in [0.15, 0.2) is 53.4 Å². The van der Waals surface area contributed by atoms with Crippen LogP contribution in [0, 0.1) is 13.8 Å². The van der Waals surface area contributed by atoms with Crippen LogP contribution in [0.3, 0.4) is 0 Å². The number of hydrogen-bond acceptors (Lipinski definition) is 3. The molecular weight excluding hydrogens is 324 g/mol.